The molecule has 0 aliphatic heterocycles. The van der Waals surface area contributed by atoms with Crippen molar-refractivity contribution in [2.45, 2.75) is 193 Å². The number of carbonyl (C=O) groups is 1. The van der Waals surface area contributed by atoms with Crippen LogP contribution in [0.2, 0.25) is 0 Å². The van der Waals surface area contributed by atoms with Gasteiger partial charge in [-0.05, 0) is 89.9 Å². The molecule has 0 radical (unpaired) electrons. The molecule has 3 heteroatoms. The van der Waals surface area contributed by atoms with Crippen LogP contribution in [0.25, 0.3) is 0 Å². The summed E-state index contributed by atoms with van der Waals surface area (Å²) in [6, 6.07) is 2.74. The van der Waals surface area contributed by atoms with Crippen molar-refractivity contribution in [2.75, 3.05) is 7.05 Å². The highest BCUT2D eigenvalue weighted by molar-refractivity contribution is 5.72. The largest absolute Gasteiger partial charge is 0.462 e. The molecule has 0 rings (SSSR count). The Labute approximate surface area is 281 Å². The van der Waals surface area contributed by atoms with Crippen molar-refractivity contribution in [3.63, 3.8) is 0 Å². The van der Waals surface area contributed by atoms with Crippen molar-refractivity contribution in [1.82, 2.24) is 5.32 Å². The zero-order valence-corrected chi connectivity index (χ0v) is 30.1. The molecular formula is C42H73NO2. The number of hydrogen-bond acceptors (Lipinski definition) is 3. The Morgan fingerprint density at radius 1 is 0.556 bits per heavy atom. The van der Waals surface area contributed by atoms with Gasteiger partial charge < -0.3 is 10.1 Å². The molecule has 0 aromatic heterocycles. The lowest BCUT2D eigenvalue weighted by atomic mass is 10.0. The van der Waals surface area contributed by atoms with Gasteiger partial charge in [0.15, 0.2) is 0 Å². The summed E-state index contributed by atoms with van der Waals surface area (Å²) in [4.78, 5) is 12.3. The minimum atomic E-state index is -0.178. The van der Waals surface area contributed by atoms with Gasteiger partial charge in [0.05, 0.1) is 0 Å². The minimum absolute atomic E-state index is 0.0468. The van der Waals surface area contributed by atoms with Crippen LogP contribution >= 0.6 is 0 Å². The van der Waals surface area contributed by atoms with E-state index in [0.717, 1.165) is 38.5 Å². The first kappa shape index (κ1) is 42.8. The van der Waals surface area contributed by atoms with E-state index in [-0.39, 0.29) is 18.5 Å². The molecule has 0 heterocycles. The molecule has 0 aromatic carbocycles. The molecule has 0 unspecified atom stereocenters. The highest BCUT2D eigenvalue weighted by Gasteiger charge is 2.13. The Balaban J connectivity index is 3.97. The maximum atomic E-state index is 12.3. The van der Waals surface area contributed by atoms with E-state index < -0.39 is 0 Å². The molecule has 0 fully saturated rings. The normalized spacial score (nSPS) is 11.8. The van der Waals surface area contributed by atoms with Crippen LogP contribution in [-0.4, -0.2) is 19.1 Å². The predicted octanol–water partition coefficient (Wildman–Crippen LogP) is 12.9. The second-order valence-electron chi connectivity index (χ2n) is 12.6. The van der Waals surface area contributed by atoms with Gasteiger partial charge in [-0.15, -0.1) is 0 Å². The molecule has 0 bridgehead atoms. The number of allylic oxidation sites excluding steroid dienone is 8. The summed E-state index contributed by atoms with van der Waals surface area (Å²) in [5.41, 5.74) is 0. The molecule has 3 nitrogen and oxygen atoms in total. The smallest absolute Gasteiger partial charge is 0.318 e. The fraction of sp³-hybridized carbons (Fsp3) is 0.738. The van der Waals surface area contributed by atoms with Crippen LogP contribution in [0.1, 0.15) is 187 Å². The average molecular weight is 624 g/mol. The summed E-state index contributed by atoms with van der Waals surface area (Å²) in [5.74, 6) is 2.66. The van der Waals surface area contributed by atoms with Crippen LogP contribution in [0, 0.1) is 12.0 Å². The van der Waals surface area contributed by atoms with Crippen molar-refractivity contribution < 1.29 is 9.53 Å². The number of carbonyl (C=O) groups excluding carboxylic acids is 1. The number of unbranched alkanes of at least 4 members (excludes halogenated alkanes) is 18. The zero-order chi connectivity index (χ0) is 32.7. The van der Waals surface area contributed by atoms with Crippen LogP contribution in [0.15, 0.2) is 48.6 Å². The van der Waals surface area contributed by atoms with Crippen LogP contribution in [-0.2, 0) is 9.53 Å². The zero-order valence-electron chi connectivity index (χ0n) is 30.1. The number of rotatable bonds is 32. The first-order valence-corrected chi connectivity index (χ1v) is 19.2. The molecular weight excluding hydrogens is 550 g/mol. The van der Waals surface area contributed by atoms with Gasteiger partial charge in [0.1, 0.15) is 12.5 Å². The summed E-state index contributed by atoms with van der Waals surface area (Å²) in [5, 5.41) is 2.77. The Morgan fingerprint density at radius 3 is 1.33 bits per heavy atom. The Morgan fingerprint density at radius 2 is 0.933 bits per heavy atom. The third-order valence-corrected chi connectivity index (χ3v) is 8.20. The van der Waals surface area contributed by atoms with E-state index in [9.17, 15) is 4.79 Å². The summed E-state index contributed by atoms with van der Waals surface area (Å²) in [7, 11) is 1.76. The van der Waals surface area contributed by atoms with Crippen LogP contribution in [0.4, 0.5) is 0 Å². The van der Waals surface area contributed by atoms with Gasteiger partial charge in [-0.25, -0.2) is 0 Å². The topological polar surface area (TPSA) is 38.3 Å². The van der Waals surface area contributed by atoms with E-state index in [2.05, 4.69) is 79.7 Å². The fourth-order valence-electron chi connectivity index (χ4n) is 5.41. The lowest BCUT2D eigenvalue weighted by Gasteiger charge is -2.17. The second kappa shape index (κ2) is 38.0. The van der Waals surface area contributed by atoms with E-state index in [1.807, 2.05) is 0 Å². The molecule has 258 valence electrons. The first-order valence-electron chi connectivity index (χ1n) is 19.2. The standard InChI is InChI=1S/C42H73NO2/c1-4-6-8-10-12-14-16-18-20-22-24-26-28-30-32-34-37-41(45-42(44)39-36-40-43-3)38-35-33-31-29-27-25-23-21-19-17-15-13-11-9-7-5-2/h12-15,18-21,41,43H,4-11,16-17,22-35,37-39H2,1-3H3/b14-12-,15-13-,20-18-,21-19-. The van der Waals surface area contributed by atoms with Crippen molar-refractivity contribution >= 4 is 5.97 Å². The summed E-state index contributed by atoms with van der Waals surface area (Å²) in [6.07, 6.45) is 50.9. The van der Waals surface area contributed by atoms with Gasteiger partial charge in [-0.3, -0.25) is 4.79 Å². The maximum absolute atomic E-state index is 12.3. The summed E-state index contributed by atoms with van der Waals surface area (Å²) >= 11 is 0. The lowest BCUT2D eigenvalue weighted by Crippen LogP contribution is -2.18. The number of ether oxygens (including phenoxy) is 1. The quantitative estimate of drug-likeness (QED) is 0.0266. The molecule has 0 saturated carbocycles. The van der Waals surface area contributed by atoms with Crippen LogP contribution in [0.5, 0.6) is 0 Å². The van der Waals surface area contributed by atoms with Gasteiger partial charge in [0.25, 0.3) is 0 Å². The molecule has 0 aromatic rings. The average Bonchev–Trinajstić information content (AvgIpc) is 3.04. The maximum Gasteiger partial charge on any atom is 0.318 e. The highest BCUT2D eigenvalue weighted by Crippen LogP contribution is 2.18. The predicted molar refractivity (Wildman–Crippen MR) is 199 cm³/mol. The first-order chi connectivity index (χ1) is 22.2. The third-order valence-electron chi connectivity index (χ3n) is 8.20. The van der Waals surface area contributed by atoms with Crippen molar-refractivity contribution in [3.8, 4) is 12.0 Å². The lowest BCUT2D eigenvalue weighted by molar-refractivity contribution is -0.148. The molecule has 0 aliphatic rings. The third kappa shape index (κ3) is 36.1. The van der Waals surface area contributed by atoms with E-state index in [0.29, 0.717) is 0 Å². The number of nitrogens with one attached hydrogen (secondary N) is 1. The molecule has 0 spiro atoms. The van der Waals surface area contributed by atoms with E-state index in [1.165, 1.54) is 128 Å². The van der Waals surface area contributed by atoms with Gasteiger partial charge in [0.2, 0.25) is 0 Å². The molecule has 0 amide bonds. The van der Waals surface area contributed by atoms with Crippen LogP contribution < -0.4 is 5.32 Å². The summed E-state index contributed by atoms with van der Waals surface area (Å²) in [6.45, 7) is 4.51. The van der Waals surface area contributed by atoms with Gasteiger partial charge in [-0.1, -0.05) is 145 Å². The van der Waals surface area contributed by atoms with E-state index in [1.54, 1.807) is 7.05 Å². The Bertz CT molecular complexity index is 749. The second-order valence-corrected chi connectivity index (χ2v) is 12.6. The van der Waals surface area contributed by atoms with E-state index in [4.69, 9.17) is 4.74 Å². The highest BCUT2D eigenvalue weighted by atomic mass is 16.5. The van der Waals surface area contributed by atoms with Gasteiger partial charge >= 0.3 is 5.97 Å². The monoisotopic (exact) mass is 624 g/mol. The summed E-state index contributed by atoms with van der Waals surface area (Å²) < 4.78 is 5.85. The van der Waals surface area contributed by atoms with Crippen molar-refractivity contribution in [3.05, 3.63) is 48.6 Å². The number of esters is 1. The SMILES string of the molecule is CCCCC/C=C\C/C=C\CCCCCCCCC(CCCCCCCC/C=C\C/C=C\CCCCC)OC(=O)CC#CNC. The Hall–Kier alpha value is -2.21. The van der Waals surface area contributed by atoms with Gasteiger partial charge in [0, 0.05) is 13.1 Å². The molecule has 1 N–H and O–H groups in total. The van der Waals surface area contributed by atoms with Crippen molar-refractivity contribution in [1.29, 1.82) is 0 Å². The van der Waals surface area contributed by atoms with Gasteiger partial charge in [-0.2, -0.15) is 0 Å². The van der Waals surface area contributed by atoms with Crippen molar-refractivity contribution in [2.24, 2.45) is 0 Å². The molecule has 0 saturated heterocycles. The number of hydrogen-bond donors (Lipinski definition) is 1. The fourth-order valence-corrected chi connectivity index (χ4v) is 5.41. The molecule has 0 aliphatic carbocycles. The minimum Gasteiger partial charge on any atom is -0.462 e. The molecule has 0 atom stereocenters. The molecule has 45 heavy (non-hydrogen) atoms. The van der Waals surface area contributed by atoms with E-state index >= 15 is 0 Å². The van der Waals surface area contributed by atoms with Crippen LogP contribution in [0.3, 0.4) is 0 Å². The Kier molecular flexibility index (Phi) is 36.1.